The van der Waals surface area contributed by atoms with Crippen molar-refractivity contribution >= 4 is 21.2 Å². The molecule has 0 fully saturated rings. The number of aromatic nitrogens is 2. The molecule has 0 spiro atoms. The van der Waals surface area contributed by atoms with Crippen molar-refractivity contribution in [2.45, 2.75) is 4.90 Å². The van der Waals surface area contributed by atoms with Crippen LogP contribution < -0.4 is 4.74 Å². The third-order valence-electron chi connectivity index (χ3n) is 2.05. The quantitative estimate of drug-likeness (QED) is 0.784. The van der Waals surface area contributed by atoms with Crippen molar-refractivity contribution in [3.63, 3.8) is 0 Å². The molecule has 0 saturated carbocycles. The average molecular weight is 240 g/mol. The lowest BCUT2D eigenvalue weighted by Gasteiger charge is -2.06. The van der Waals surface area contributed by atoms with E-state index in [1.807, 2.05) is 0 Å². The minimum Gasteiger partial charge on any atom is -0.494 e. The van der Waals surface area contributed by atoms with Crippen LogP contribution >= 0.6 is 0 Å². The third kappa shape index (κ3) is 1.70. The SMILES string of the molecule is COc1ccc(S(=O)(=O)O)c2nccnc12. The molecule has 0 aliphatic rings. The summed E-state index contributed by atoms with van der Waals surface area (Å²) in [7, 11) is -2.87. The maximum atomic E-state index is 11.1. The summed E-state index contributed by atoms with van der Waals surface area (Å²) in [5.74, 6) is 0.399. The van der Waals surface area contributed by atoms with E-state index in [4.69, 9.17) is 9.29 Å². The number of rotatable bonds is 2. The molecule has 16 heavy (non-hydrogen) atoms. The first-order valence-electron chi connectivity index (χ1n) is 4.29. The first kappa shape index (κ1) is 10.8. The molecular weight excluding hydrogens is 232 g/mol. The van der Waals surface area contributed by atoms with E-state index in [-0.39, 0.29) is 10.4 Å². The minimum atomic E-state index is -4.31. The molecule has 0 saturated heterocycles. The molecule has 0 unspecified atom stereocenters. The summed E-state index contributed by atoms with van der Waals surface area (Å²) in [6.07, 6.45) is 2.76. The third-order valence-corrected chi connectivity index (χ3v) is 2.93. The molecule has 1 aromatic heterocycles. The van der Waals surface area contributed by atoms with Gasteiger partial charge in [-0.2, -0.15) is 8.42 Å². The van der Waals surface area contributed by atoms with Crippen LogP contribution in [0.2, 0.25) is 0 Å². The largest absolute Gasteiger partial charge is 0.494 e. The van der Waals surface area contributed by atoms with Gasteiger partial charge in [-0.15, -0.1) is 0 Å². The number of fused-ring (bicyclic) bond motifs is 1. The average Bonchev–Trinajstić information content (AvgIpc) is 2.26. The van der Waals surface area contributed by atoms with Crippen LogP contribution in [0, 0.1) is 0 Å². The van der Waals surface area contributed by atoms with Crippen LogP contribution in [-0.2, 0) is 10.1 Å². The summed E-state index contributed by atoms with van der Waals surface area (Å²) in [4.78, 5) is 7.56. The molecule has 0 bridgehead atoms. The van der Waals surface area contributed by atoms with Crippen molar-refractivity contribution in [2.24, 2.45) is 0 Å². The molecule has 2 rings (SSSR count). The van der Waals surface area contributed by atoms with E-state index >= 15 is 0 Å². The lowest BCUT2D eigenvalue weighted by Crippen LogP contribution is -2.01. The van der Waals surface area contributed by atoms with Gasteiger partial charge in [0.1, 0.15) is 21.7 Å². The first-order chi connectivity index (χ1) is 7.54. The zero-order chi connectivity index (χ0) is 11.8. The Kier molecular flexibility index (Phi) is 2.49. The lowest BCUT2D eigenvalue weighted by atomic mass is 10.3. The van der Waals surface area contributed by atoms with Gasteiger partial charge in [-0.1, -0.05) is 0 Å². The van der Waals surface area contributed by atoms with E-state index in [2.05, 4.69) is 9.97 Å². The fourth-order valence-electron chi connectivity index (χ4n) is 1.38. The van der Waals surface area contributed by atoms with E-state index in [0.717, 1.165) is 0 Å². The first-order valence-corrected chi connectivity index (χ1v) is 5.73. The zero-order valence-corrected chi connectivity index (χ0v) is 9.10. The summed E-state index contributed by atoms with van der Waals surface area (Å²) in [6, 6.07) is 2.64. The molecule has 1 aromatic carbocycles. The van der Waals surface area contributed by atoms with Crippen molar-refractivity contribution in [1.82, 2.24) is 9.97 Å². The van der Waals surface area contributed by atoms with Crippen LogP contribution in [0.4, 0.5) is 0 Å². The van der Waals surface area contributed by atoms with E-state index in [1.54, 1.807) is 0 Å². The van der Waals surface area contributed by atoms with Crippen LogP contribution in [0.25, 0.3) is 11.0 Å². The number of methoxy groups -OCH3 is 1. The van der Waals surface area contributed by atoms with Gasteiger partial charge in [-0.05, 0) is 12.1 Å². The second-order valence-electron chi connectivity index (χ2n) is 2.99. The Bertz CT molecular complexity index is 639. The molecule has 0 aliphatic heterocycles. The van der Waals surface area contributed by atoms with Crippen molar-refractivity contribution in [3.05, 3.63) is 24.5 Å². The van der Waals surface area contributed by atoms with E-state index < -0.39 is 10.1 Å². The molecule has 6 nitrogen and oxygen atoms in total. The second kappa shape index (κ2) is 3.69. The summed E-state index contributed by atoms with van der Waals surface area (Å²) in [6.45, 7) is 0. The molecule has 7 heteroatoms. The summed E-state index contributed by atoms with van der Waals surface area (Å²) in [5.41, 5.74) is 0.379. The molecule has 0 atom stereocenters. The maximum Gasteiger partial charge on any atom is 0.296 e. The van der Waals surface area contributed by atoms with Crippen LogP contribution in [0.3, 0.4) is 0 Å². The van der Waals surface area contributed by atoms with Crippen molar-refractivity contribution in [1.29, 1.82) is 0 Å². The highest BCUT2D eigenvalue weighted by molar-refractivity contribution is 7.86. The fourth-order valence-corrected chi connectivity index (χ4v) is 2.01. The molecule has 1 heterocycles. The van der Waals surface area contributed by atoms with Crippen LogP contribution in [0.5, 0.6) is 5.75 Å². The number of ether oxygens (including phenoxy) is 1. The molecule has 1 N–H and O–H groups in total. The number of hydrogen-bond acceptors (Lipinski definition) is 5. The maximum absolute atomic E-state index is 11.1. The lowest BCUT2D eigenvalue weighted by molar-refractivity contribution is 0.418. The molecule has 84 valence electrons. The van der Waals surface area contributed by atoms with Gasteiger partial charge < -0.3 is 4.74 Å². The predicted molar refractivity (Wildman–Crippen MR) is 55.9 cm³/mol. The monoisotopic (exact) mass is 240 g/mol. The van der Waals surface area contributed by atoms with E-state index in [9.17, 15) is 8.42 Å². The molecular formula is C9H8N2O4S. The van der Waals surface area contributed by atoms with E-state index in [1.165, 1.54) is 31.6 Å². The Morgan fingerprint density at radius 3 is 2.38 bits per heavy atom. The smallest absolute Gasteiger partial charge is 0.296 e. The van der Waals surface area contributed by atoms with E-state index in [0.29, 0.717) is 11.3 Å². The summed E-state index contributed by atoms with van der Waals surface area (Å²) in [5, 5.41) is 0. The van der Waals surface area contributed by atoms with Crippen LogP contribution in [0.1, 0.15) is 0 Å². The van der Waals surface area contributed by atoms with Gasteiger partial charge in [0.15, 0.2) is 0 Å². The highest BCUT2D eigenvalue weighted by Crippen LogP contribution is 2.27. The highest BCUT2D eigenvalue weighted by atomic mass is 32.2. The molecule has 0 amide bonds. The Morgan fingerprint density at radius 1 is 1.19 bits per heavy atom. The second-order valence-corrected chi connectivity index (χ2v) is 4.38. The Morgan fingerprint density at radius 2 is 1.81 bits per heavy atom. The number of benzene rings is 1. The van der Waals surface area contributed by atoms with Gasteiger partial charge in [-0.25, -0.2) is 4.98 Å². The van der Waals surface area contributed by atoms with Crippen molar-refractivity contribution in [3.8, 4) is 5.75 Å². The van der Waals surface area contributed by atoms with Gasteiger partial charge in [0, 0.05) is 12.4 Å². The topological polar surface area (TPSA) is 89.4 Å². The number of hydrogen-bond donors (Lipinski definition) is 1. The minimum absolute atomic E-state index is 0.0874. The normalized spacial score (nSPS) is 11.6. The fraction of sp³-hybridized carbons (Fsp3) is 0.111. The number of nitrogens with zero attached hydrogens (tertiary/aromatic N) is 2. The Labute approximate surface area is 91.7 Å². The van der Waals surface area contributed by atoms with Crippen molar-refractivity contribution in [2.75, 3.05) is 7.11 Å². The van der Waals surface area contributed by atoms with Gasteiger partial charge in [0.2, 0.25) is 0 Å². The van der Waals surface area contributed by atoms with Crippen LogP contribution in [0.15, 0.2) is 29.4 Å². The summed E-state index contributed by atoms with van der Waals surface area (Å²) >= 11 is 0. The highest BCUT2D eigenvalue weighted by Gasteiger charge is 2.17. The predicted octanol–water partition coefficient (Wildman–Crippen LogP) is 0.885. The summed E-state index contributed by atoms with van der Waals surface area (Å²) < 4.78 is 36.2. The zero-order valence-electron chi connectivity index (χ0n) is 8.28. The molecule has 0 radical (unpaired) electrons. The van der Waals surface area contributed by atoms with Gasteiger partial charge >= 0.3 is 0 Å². The van der Waals surface area contributed by atoms with Gasteiger partial charge in [-0.3, -0.25) is 9.54 Å². The van der Waals surface area contributed by atoms with Gasteiger partial charge in [0.05, 0.1) is 7.11 Å². The van der Waals surface area contributed by atoms with Crippen molar-refractivity contribution < 1.29 is 17.7 Å². The molecule has 2 aromatic rings. The molecule has 0 aliphatic carbocycles. The Balaban J connectivity index is 2.91. The van der Waals surface area contributed by atoms with Crippen LogP contribution in [-0.4, -0.2) is 30.0 Å². The van der Waals surface area contributed by atoms with Gasteiger partial charge in [0.25, 0.3) is 10.1 Å². The Hall–Kier alpha value is -1.73. The standard InChI is InChI=1S/C9H8N2O4S/c1-15-6-2-3-7(16(12,13)14)9-8(6)10-4-5-11-9/h2-5H,1H3,(H,12,13,14).